The largest absolute Gasteiger partial charge is 0.493 e. The Morgan fingerprint density at radius 3 is 2.70 bits per heavy atom. The van der Waals surface area contributed by atoms with Gasteiger partial charge >= 0.3 is 6.09 Å². The van der Waals surface area contributed by atoms with E-state index in [1.54, 1.807) is 14.2 Å². The number of ether oxygens (including phenoxy) is 3. The summed E-state index contributed by atoms with van der Waals surface area (Å²) in [4.78, 5) is 15.5. The molecule has 1 aromatic carbocycles. The van der Waals surface area contributed by atoms with Crippen LogP contribution >= 0.6 is 0 Å². The van der Waals surface area contributed by atoms with Crippen LogP contribution in [0.5, 0.6) is 11.5 Å². The molecule has 0 radical (unpaired) electrons. The van der Waals surface area contributed by atoms with Crippen molar-refractivity contribution in [2.75, 3.05) is 27.9 Å². The first-order valence-corrected chi connectivity index (χ1v) is 6.06. The molecule has 20 heavy (non-hydrogen) atoms. The second-order valence-electron chi connectivity index (χ2n) is 4.11. The van der Waals surface area contributed by atoms with Crippen molar-refractivity contribution in [2.45, 2.75) is 6.04 Å². The fraction of sp³-hybridized carbons (Fsp3) is 0.385. The van der Waals surface area contributed by atoms with E-state index in [1.165, 1.54) is 7.11 Å². The predicted octanol–water partition coefficient (Wildman–Crippen LogP) is 1.06. The summed E-state index contributed by atoms with van der Waals surface area (Å²) in [7, 11) is 4.48. The molecule has 7 heteroatoms. The first-order chi connectivity index (χ1) is 9.67. The minimum Gasteiger partial charge on any atom is -0.493 e. The molecule has 1 aliphatic heterocycles. The van der Waals surface area contributed by atoms with Gasteiger partial charge in [-0.15, -0.1) is 0 Å². The fourth-order valence-electron chi connectivity index (χ4n) is 1.92. The zero-order valence-corrected chi connectivity index (χ0v) is 11.6. The van der Waals surface area contributed by atoms with E-state index in [0.29, 0.717) is 24.0 Å². The van der Waals surface area contributed by atoms with Gasteiger partial charge in [0.2, 0.25) is 5.96 Å². The Balaban J connectivity index is 2.15. The topological polar surface area (TPSA) is 81.2 Å². The summed E-state index contributed by atoms with van der Waals surface area (Å²) in [6.07, 6.45) is -0.552. The van der Waals surface area contributed by atoms with Crippen molar-refractivity contribution in [1.29, 1.82) is 0 Å². The maximum absolute atomic E-state index is 11.1. The van der Waals surface area contributed by atoms with Crippen molar-refractivity contribution in [2.24, 2.45) is 4.99 Å². The van der Waals surface area contributed by atoms with E-state index >= 15 is 0 Å². The Hall–Kier alpha value is -2.44. The fourth-order valence-corrected chi connectivity index (χ4v) is 1.92. The summed E-state index contributed by atoms with van der Waals surface area (Å²) in [5.41, 5.74) is 0.969. The monoisotopic (exact) mass is 279 g/mol. The molecule has 1 aromatic rings. The lowest BCUT2D eigenvalue weighted by Crippen LogP contribution is -2.37. The molecule has 2 rings (SSSR count). The molecule has 7 nitrogen and oxygen atoms in total. The molecular weight excluding hydrogens is 262 g/mol. The van der Waals surface area contributed by atoms with Crippen LogP contribution in [-0.2, 0) is 4.74 Å². The normalized spacial score (nSPS) is 16.9. The molecule has 2 N–H and O–H groups in total. The van der Waals surface area contributed by atoms with Crippen molar-refractivity contribution < 1.29 is 19.0 Å². The number of hydrogen-bond acceptors (Lipinski definition) is 6. The number of nitrogens with one attached hydrogen (secondary N) is 2. The third kappa shape index (κ3) is 2.93. The highest BCUT2D eigenvalue weighted by atomic mass is 16.5. The van der Waals surface area contributed by atoms with Gasteiger partial charge in [-0.05, 0) is 17.7 Å². The van der Waals surface area contributed by atoms with Crippen molar-refractivity contribution in [3.63, 3.8) is 0 Å². The van der Waals surface area contributed by atoms with Gasteiger partial charge in [0.15, 0.2) is 11.5 Å². The lowest BCUT2D eigenvalue weighted by molar-refractivity contribution is 0.176. The number of nitrogens with zero attached hydrogens (tertiary/aromatic N) is 1. The molecule has 1 unspecified atom stereocenters. The van der Waals surface area contributed by atoms with Crippen molar-refractivity contribution in [3.8, 4) is 11.5 Å². The highest BCUT2D eigenvalue weighted by molar-refractivity contribution is 5.94. The van der Waals surface area contributed by atoms with Gasteiger partial charge in [0.1, 0.15) is 0 Å². The van der Waals surface area contributed by atoms with E-state index in [4.69, 9.17) is 9.47 Å². The van der Waals surface area contributed by atoms with Gasteiger partial charge in [-0.25, -0.2) is 9.79 Å². The Morgan fingerprint density at radius 1 is 1.30 bits per heavy atom. The number of aliphatic imine (C=N–C) groups is 1. The number of alkyl carbamates (subject to hydrolysis) is 1. The first kappa shape index (κ1) is 14.0. The van der Waals surface area contributed by atoms with Crippen LogP contribution in [0.1, 0.15) is 11.6 Å². The minimum absolute atomic E-state index is 0.0954. The zero-order valence-electron chi connectivity index (χ0n) is 11.6. The molecule has 0 aromatic heterocycles. The smallest absolute Gasteiger partial charge is 0.413 e. The van der Waals surface area contributed by atoms with Gasteiger partial charge in [0.25, 0.3) is 0 Å². The molecule has 1 aliphatic rings. The summed E-state index contributed by atoms with van der Waals surface area (Å²) in [6.45, 7) is 0.592. The van der Waals surface area contributed by atoms with Crippen LogP contribution < -0.4 is 20.1 Å². The van der Waals surface area contributed by atoms with Gasteiger partial charge in [-0.1, -0.05) is 6.07 Å². The van der Waals surface area contributed by atoms with E-state index in [1.807, 2.05) is 18.2 Å². The van der Waals surface area contributed by atoms with Crippen molar-refractivity contribution >= 4 is 12.1 Å². The van der Waals surface area contributed by atoms with Gasteiger partial charge in [-0.2, -0.15) is 0 Å². The lowest BCUT2D eigenvalue weighted by Gasteiger charge is -2.11. The lowest BCUT2D eigenvalue weighted by atomic mass is 10.1. The number of amides is 1. The Labute approximate surface area is 116 Å². The van der Waals surface area contributed by atoms with E-state index in [9.17, 15) is 4.79 Å². The Kier molecular flexibility index (Phi) is 4.29. The van der Waals surface area contributed by atoms with Gasteiger partial charge < -0.3 is 19.5 Å². The second kappa shape index (κ2) is 6.14. The Bertz CT molecular complexity index is 530. The molecule has 1 atom stereocenters. The maximum atomic E-state index is 11.1. The third-order valence-corrected chi connectivity index (χ3v) is 2.95. The molecular formula is C13H17N3O4. The summed E-state index contributed by atoms with van der Waals surface area (Å²) >= 11 is 0. The van der Waals surface area contributed by atoms with Crippen molar-refractivity contribution in [1.82, 2.24) is 10.6 Å². The number of carbonyl (C=O) groups excluding carboxylic acids is 1. The SMILES string of the molecule is COC(=O)NC1=NC(c2ccc(OC)c(OC)c2)CN1. The summed E-state index contributed by atoms with van der Waals surface area (Å²) in [6, 6.07) is 5.52. The van der Waals surface area contributed by atoms with E-state index in [-0.39, 0.29) is 6.04 Å². The standard InChI is InChI=1S/C13H17N3O4/c1-18-10-5-4-8(6-11(10)19-2)9-7-14-12(15-9)16-13(17)20-3/h4-6,9H,7H2,1-3H3,(H2,14,15,16,17). The van der Waals surface area contributed by atoms with Crippen LogP contribution in [-0.4, -0.2) is 39.9 Å². The minimum atomic E-state index is -0.552. The van der Waals surface area contributed by atoms with E-state index in [2.05, 4.69) is 20.4 Å². The number of carbonyl (C=O) groups is 1. The molecule has 0 bridgehead atoms. The Morgan fingerprint density at radius 2 is 2.05 bits per heavy atom. The number of hydrogen-bond donors (Lipinski definition) is 2. The third-order valence-electron chi connectivity index (χ3n) is 2.95. The number of benzene rings is 1. The average Bonchev–Trinajstić information content (AvgIpc) is 2.94. The molecule has 0 fully saturated rings. The van der Waals surface area contributed by atoms with Gasteiger partial charge in [-0.3, -0.25) is 5.32 Å². The highest BCUT2D eigenvalue weighted by Gasteiger charge is 2.21. The highest BCUT2D eigenvalue weighted by Crippen LogP contribution is 2.31. The molecule has 0 saturated heterocycles. The zero-order chi connectivity index (χ0) is 14.5. The van der Waals surface area contributed by atoms with Crippen LogP contribution in [0.25, 0.3) is 0 Å². The molecule has 1 amide bonds. The summed E-state index contributed by atoms with van der Waals surface area (Å²) in [5, 5.41) is 5.50. The average molecular weight is 279 g/mol. The van der Waals surface area contributed by atoms with Crippen LogP contribution in [0, 0.1) is 0 Å². The van der Waals surface area contributed by atoms with E-state index < -0.39 is 6.09 Å². The first-order valence-electron chi connectivity index (χ1n) is 6.06. The van der Waals surface area contributed by atoms with Crippen molar-refractivity contribution in [3.05, 3.63) is 23.8 Å². The van der Waals surface area contributed by atoms with Crippen LogP contribution in [0.2, 0.25) is 0 Å². The van der Waals surface area contributed by atoms with Crippen LogP contribution in [0.4, 0.5) is 4.79 Å². The molecule has 108 valence electrons. The van der Waals surface area contributed by atoms with Crippen LogP contribution in [0.3, 0.4) is 0 Å². The van der Waals surface area contributed by atoms with Gasteiger partial charge in [0.05, 0.1) is 27.4 Å². The van der Waals surface area contributed by atoms with Crippen LogP contribution in [0.15, 0.2) is 23.2 Å². The quantitative estimate of drug-likeness (QED) is 0.864. The number of rotatable bonds is 3. The van der Waals surface area contributed by atoms with Gasteiger partial charge in [0, 0.05) is 6.54 Å². The number of guanidine groups is 1. The molecule has 1 heterocycles. The molecule has 0 aliphatic carbocycles. The molecule has 0 saturated carbocycles. The van der Waals surface area contributed by atoms with E-state index in [0.717, 1.165) is 5.56 Å². The predicted molar refractivity (Wildman–Crippen MR) is 73.3 cm³/mol. The second-order valence-corrected chi connectivity index (χ2v) is 4.11. The summed E-state index contributed by atoms with van der Waals surface area (Å²) < 4.78 is 15.0. The number of methoxy groups -OCH3 is 3. The molecule has 0 spiro atoms. The maximum Gasteiger partial charge on any atom is 0.413 e. The summed E-state index contributed by atoms with van der Waals surface area (Å²) in [5.74, 6) is 1.71.